The molecular formula is C24H17N3O5. The Kier molecular flexibility index (Phi) is 4.87. The molecule has 0 fully saturated rings. The second kappa shape index (κ2) is 7.99. The van der Waals surface area contributed by atoms with Crippen molar-refractivity contribution in [3.05, 3.63) is 94.0 Å². The average molecular weight is 427 g/mol. The van der Waals surface area contributed by atoms with Crippen molar-refractivity contribution in [1.29, 1.82) is 0 Å². The van der Waals surface area contributed by atoms with Gasteiger partial charge in [0.1, 0.15) is 11.6 Å². The lowest BCUT2D eigenvalue weighted by atomic mass is 10.2. The zero-order chi connectivity index (χ0) is 22.1. The fourth-order valence-corrected chi connectivity index (χ4v) is 3.35. The summed E-state index contributed by atoms with van der Waals surface area (Å²) >= 11 is 0. The van der Waals surface area contributed by atoms with Gasteiger partial charge in [0.2, 0.25) is 6.79 Å². The van der Waals surface area contributed by atoms with Crippen LogP contribution in [0.3, 0.4) is 0 Å². The molecule has 0 amide bonds. The number of aryl methyl sites for hydroxylation is 1. The van der Waals surface area contributed by atoms with Gasteiger partial charge in [-0.2, -0.15) is 9.78 Å². The van der Waals surface area contributed by atoms with Gasteiger partial charge in [-0.3, -0.25) is 4.79 Å². The topological polar surface area (TPSA) is 92.0 Å². The molecule has 2 heterocycles. The number of hydrogen-bond acceptors (Lipinski definition) is 7. The predicted molar refractivity (Wildman–Crippen MR) is 118 cm³/mol. The first-order valence-electron chi connectivity index (χ1n) is 9.84. The van der Waals surface area contributed by atoms with E-state index in [1.54, 1.807) is 67.6 Å². The summed E-state index contributed by atoms with van der Waals surface area (Å²) in [4.78, 5) is 29.9. The molecule has 8 heteroatoms. The number of esters is 1. The van der Waals surface area contributed by atoms with E-state index in [2.05, 4.69) is 10.1 Å². The molecule has 158 valence electrons. The molecule has 1 aromatic heterocycles. The molecule has 0 bridgehead atoms. The van der Waals surface area contributed by atoms with E-state index in [4.69, 9.17) is 14.2 Å². The van der Waals surface area contributed by atoms with Gasteiger partial charge in [-0.25, -0.2) is 9.78 Å². The van der Waals surface area contributed by atoms with Crippen LogP contribution >= 0.6 is 0 Å². The summed E-state index contributed by atoms with van der Waals surface area (Å²) in [5.74, 6) is 1.27. The van der Waals surface area contributed by atoms with Gasteiger partial charge in [-0.1, -0.05) is 24.3 Å². The Morgan fingerprint density at radius 3 is 2.75 bits per heavy atom. The van der Waals surface area contributed by atoms with Gasteiger partial charge in [0.05, 0.1) is 22.7 Å². The molecule has 0 spiro atoms. The number of carbonyl (C=O) groups is 1. The number of fused-ring (bicyclic) bond motifs is 2. The zero-order valence-corrected chi connectivity index (χ0v) is 17.0. The van der Waals surface area contributed by atoms with Crippen molar-refractivity contribution in [2.75, 3.05) is 6.79 Å². The minimum Gasteiger partial charge on any atom is -0.454 e. The van der Waals surface area contributed by atoms with Crippen LogP contribution in [0.4, 0.5) is 0 Å². The molecule has 1 aliphatic heterocycles. The Bertz CT molecular complexity index is 1440. The lowest BCUT2D eigenvalue weighted by Gasteiger charge is -2.08. The van der Waals surface area contributed by atoms with Crippen molar-refractivity contribution >= 4 is 23.1 Å². The van der Waals surface area contributed by atoms with Crippen molar-refractivity contribution in [2.24, 2.45) is 5.10 Å². The number of para-hydroxylation sites is 2. The van der Waals surface area contributed by atoms with E-state index in [0.29, 0.717) is 45.1 Å². The molecule has 0 N–H and O–H groups in total. The molecular weight excluding hydrogens is 410 g/mol. The van der Waals surface area contributed by atoms with Crippen molar-refractivity contribution in [3.8, 4) is 17.2 Å². The first-order valence-corrected chi connectivity index (χ1v) is 9.84. The SMILES string of the molecule is Cc1nc2ccccc2c(=O)n1/N=C/c1ccccc1OC(=O)c1ccc2c(c1)OCO2. The Morgan fingerprint density at radius 1 is 1.06 bits per heavy atom. The molecule has 0 saturated carbocycles. The van der Waals surface area contributed by atoms with Crippen LogP contribution in [0.15, 0.2) is 76.6 Å². The summed E-state index contributed by atoms with van der Waals surface area (Å²) in [7, 11) is 0. The van der Waals surface area contributed by atoms with E-state index in [0.717, 1.165) is 0 Å². The summed E-state index contributed by atoms with van der Waals surface area (Å²) in [6.07, 6.45) is 1.47. The van der Waals surface area contributed by atoms with Gasteiger partial charge in [0.25, 0.3) is 5.56 Å². The highest BCUT2D eigenvalue weighted by Gasteiger charge is 2.18. The van der Waals surface area contributed by atoms with Gasteiger partial charge in [0.15, 0.2) is 11.5 Å². The molecule has 32 heavy (non-hydrogen) atoms. The number of rotatable bonds is 4. The Morgan fingerprint density at radius 2 is 1.84 bits per heavy atom. The molecule has 0 saturated heterocycles. The third-order valence-corrected chi connectivity index (χ3v) is 4.96. The van der Waals surface area contributed by atoms with Crippen LogP contribution in [-0.2, 0) is 0 Å². The third-order valence-electron chi connectivity index (χ3n) is 4.96. The Balaban J connectivity index is 1.44. The monoisotopic (exact) mass is 427 g/mol. The van der Waals surface area contributed by atoms with E-state index < -0.39 is 5.97 Å². The highest BCUT2D eigenvalue weighted by atomic mass is 16.7. The van der Waals surface area contributed by atoms with Gasteiger partial charge in [0, 0.05) is 5.56 Å². The minimum absolute atomic E-state index is 0.121. The highest BCUT2D eigenvalue weighted by molar-refractivity contribution is 5.93. The Labute approximate surface area is 182 Å². The maximum atomic E-state index is 12.8. The van der Waals surface area contributed by atoms with Crippen LogP contribution in [0.1, 0.15) is 21.7 Å². The smallest absolute Gasteiger partial charge is 0.343 e. The molecule has 0 atom stereocenters. The molecule has 4 aromatic rings. The lowest BCUT2D eigenvalue weighted by Crippen LogP contribution is -2.20. The molecule has 3 aromatic carbocycles. The van der Waals surface area contributed by atoms with Crippen molar-refractivity contribution in [2.45, 2.75) is 6.92 Å². The second-order valence-electron chi connectivity index (χ2n) is 7.03. The van der Waals surface area contributed by atoms with Crippen LogP contribution in [0.25, 0.3) is 10.9 Å². The number of aromatic nitrogens is 2. The second-order valence-corrected chi connectivity index (χ2v) is 7.03. The zero-order valence-electron chi connectivity index (χ0n) is 17.0. The molecule has 0 aliphatic carbocycles. The van der Waals surface area contributed by atoms with Crippen LogP contribution < -0.4 is 19.8 Å². The highest BCUT2D eigenvalue weighted by Crippen LogP contribution is 2.33. The van der Waals surface area contributed by atoms with Crippen LogP contribution in [0.2, 0.25) is 0 Å². The van der Waals surface area contributed by atoms with Gasteiger partial charge < -0.3 is 14.2 Å². The van der Waals surface area contributed by atoms with Gasteiger partial charge in [-0.15, -0.1) is 0 Å². The van der Waals surface area contributed by atoms with Crippen LogP contribution in [-0.4, -0.2) is 28.6 Å². The van der Waals surface area contributed by atoms with Gasteiger partial charge >= 0.3 is 5.97 Å². The maximum Gasteiger partial charge on any atom is 0.343 e. The molecule has 0 unspecified atom stereocenters. The number of benzene rings is 3. The third kappa shape index (κ3) is 3.58. The molecule has 8 nitrogen and oxygen atoms in total. The normalized spacial score (nSPS) is 12.4. The first kappa shape index (κ1) is 19.5. The fraction of sp³-hybridized carbons (Fsp3) is 0.0833. The summed E-state index contributed by atoms with van der Waals surface area (Å²) in [5, 5.41) is 4.77. The minimum atomic E-state index is -0.551. The van der Waals surface area contributed by atoms with Crippen molar-refractivity contribution in [3.63, 3.8) is 0 Å². The van der Waals surface area contributed by atoms with E-state index in [9.17, 15) is 9.59 Å². The van der Waals surface area contributed by atoms with Crippen molar-refractivity contribution in [1.82, 2.24) is 9.66 Å². The number of hydrogen-bond donors (Lipinski definition) is 0. The fourth-order valence-electron chi connectivity index (χ4n) is 3.35. The standard InChI is InChI=1S/C24H17N3O5/c1-15-26-19-8-4-3-7-18(19)23(28)27(15)25-13-17-6-2-5-9-20(17)32-24(29)16-10-11-21-22(12-16)31-14-30-21/h2-13H,14H2,1H3/b25-13+. The largest absolute Gasteiger partial charge is 0.454 e. The predicted octanol–water partition coefficient (Wildman–Crippen LogP) is 3.54. The average Bonchev–Trinajstić information content (AvgIpc) is 3.28. The first-order chi connectivity index (χ1) is 15.6. The van der Waals surface area contributed by atoms with E-state index in [1.165, 1.54) is 10.9 Å². The maximum absolute atomic E-state index is 12.8. The molecule has 0 radical (unpaired) electrons. The lowest BCUT2D eigenvalue weighted by molar-refractivity contribution is 0.0734. The number of carbonyl (C=O) groups excluding carboxylic acids is 1. The summed E-state index contributed by atoms with van der Waals surface area (Å²) in [5.41, 5.74) is 1.19. The van der Waals surface area contributed by atoms with Crippen LogP contribution in [0.5, 0.6) is 17.2 Å². The van der Waals surface area contributed by atoms with E-state index in [1.807, 2.05) is 6.07 Å². The number of nitrogens with zero attached hydrogens (tertiary/aromatic N) is 3. The van der Waals surface area contributed by atoms with E-state index in [-0.39, 0.29) is 12.4 Å². The number of ether oxygens (including phenoxy) is 3. The summed E-state index contributed by atoms with van der Waals surface area (Å²) in [6.45, 7) is 1.83. The summed E-state index contributed by atoms with van der Waals surface area (Å²) < 4.78 is 17.4. The Hall–Kier alpha value is -4.46. The van der Waals surface area contributed by atoms with Gasteiger partial charge in [-0.05, 0) is 49.4 Å². The quantitative estimate of drug-likeness (QED) is 0.281. The van der Waals surface area contributed by atoms with E-state index >= 15 is 0 Å². The van der Waals surface area contributed by atoms with Crippen LogP contribution in [0, 0.1) is 6.92 Å². The van der Waals surface area contributed by atoms with Crippen molar-refractivity contribution < 1.29 is 19.0 Å². The summed E-state index contributed by atoms with van der Waals surface area (Å²) in [6, 6.07) is 18.9. The molecule has 1 aliphatic rings. The molecule has 5 rings (SSSR count).